The molecule has 1 aliphatic heterocycles. The van der Waals surface area contributed by atoms with Gasteiger partial charge in [-0.05, 0) is 12.1 Å². The summed E-state index contributed by atoms with van der Waals surface area (Å²) >= 11 is 0. The van der Waals surface area contributed by atoms with Gasteiger partial charge in [0.15, 0.2) is 0 Å². The zero-order valence-electron chi connectivity index (χ0n) is 11.8. The first kappa shape index (κ1) is 13.4. The topological polar surface area (TPSA) is 96.2 Å². The van der Waals surface area contributed by atoms with Gasteiger partial charge >= 0.3 is 0 Å². The number of hydrogen-bond donors (Lipinski definition) is 3. The number of aliphatic hydroxyl groups excluding tert-OH is 2. The third kappa shape index (κ3) is 2.02. The molecule has 1 saturated heterocycles. The van der Waals surface area contributed by atoms with E-state index in [1.54, 1.807) is 18.6 Å². The molecule has 1 aliphatic rings. The van der Waals surface area contributed by atoms with Gasteiger partial charge in [-0.3, -0.25) is 0 Å². The molecular formula is C15H16N4O3. The van der Waals surface area contributed by atoms with Gasteiger partial charge in [0.1, 0.15) is 23.8 Å². The van der Waals surface area contributed by atoms with E-state index < -0.39 is 12.2 Å². The van der Waals surface area contributed by atoms with Crippen molar-refractivity contribution in [3.05, 3.63) is 36.9 Å². The molecule has 0 amide bonds. The van der Waals surface area contributed by atoms with Crippen molar-refractivity contribution in [3.63, 3.8) is 0 Å². The summed E-state index contributed by atoms with van der Waals surface area (Å²) < 4.78 is 7.59. The lowest BCUT2D eigenvalue weighted by atomic mass is 10.2. The van der Waals surface area contributed by atoms with Crippen molar-refractivity contribution in [2.75, 3.05) is 6.61 Å². The Morgan fingerprint density at radius 3 is 2.95 bits per heavy atom. The van der Waals surface area contributed by atoms with Crippen molar-refractivity contribution in [1.82, 2.24) is 19.5 Å². The van der Waals surface area contributed by atoms with Crippen molar-refractivity contribution in [3.8, 4) is 11.4 Å². The van der Waals surface area contributed by atoms with E-state index in [1.165, 1.54) is 0 Å². The van der Waals surface area contributed by atoms with Gasteiger partial charge in [-0.1, -0.05) is 0 Å². The fourth-order valence-electron chi connectivity index (χ4n) is 2.96. The number of aromatic nitrogens is 4. The molecule has 114 valence electrons. The Hall–Kier alpha value is -2.22. The molecule has 1 fully saturated rings. The summed E-state index contributed by atoms with van der Waals surface area (Å²) in [5.41, 5.74) is 1.73. The number of rotatable bonds is 3. The monoisotopic (exact) mass is 300 g/mol. The molecular weight excluding hydrogens is 284 g/mol. The molecule has 0 saturated carbocycles. The Bertz CT molecular complexity index is 783. The van der Waals surface area contributed by atoms with Gasteiger partial charge in [-0.15, -0.1) is 0 Å². The number of imidazole rings is 1. The molecule has 0 aliphatic carbocycles. The van der Waals surface area contributed by atoms with Gasteiger partial charge in [0.2, 0.25) is 0 Å². The van der Waals surface area contributed by atoms with Crippen molar-refractivity contribution in [2.24, 2.45) is 0 Å². The normalized spacial score (nSPS) is 25.1. The molecule has 7 heteroatoms. The lowest BCUT2D eigenvalue weighted by Crippen LogP contribution is -2.24. The summed E-state index contributed by atoms with van der Waals surface area (Å²) in [5.74, 6) is 0.783. The minimum Gasteiger partial charge on any atom is -0.394 e. The second-order valence-electron chi connectivity index (χ2n) is 5.37. The number of fused-ring (bicyclic) bond motifs is 1. The van der Waals surface area contributed by atoms with Crippen LogP contribution >= 0.6 is 0 Å². The first-order chi connectivity index (χ1) is 10.8. The van der Waals surface area contributed by atoms with Crippen LogP contribution in [0.1, 0.15) is 12.6 Å². The van der Waals surface area contributed by atoms with Crippen molar-refractivity contribution in [1.29, 1.82) is 0 Å². The van der Waals surface area contributed by atoms with Crippen LogP contribution in [0.3, 0.4) is 0 Å². The zero-order valence-corrected chi connectivity index (χ0v) is 11.8. The molecule has 4 heterocycles. The van der Waals surface area contributed by atoms with E-state index >= 15 is 0 Å². The minimum atomic E-state index is -0.666. The molecule has 3 atom stereocenters. The van der Waals surface area contributed by atoms with Crippen LogP contribution in [0.15, 0.2) is 36.9 Å². The molecule has 3 N–H and O–H groups in total. The molecule has 3 aromatic heterocycles. The molecule has 0 bridgehead atoms. The fourth-order valence-corrected chi connectivity index (χ4v) is 2.96. The minimum absolute atomic E-state index is 0.193. The van der Waals surface area contributed by atoms with Crippen LogP contribution in [0.4, 0.5) is 0 Å². The highest BCUT2D eigenvalue weighted by molar-refractivity contribution is 5.91. The molecule has 3 aromatic rings. The van der Waals surface area contributed by atoms with Crippen molar-refractivity contribution in [2.45, 2.75) is 24.9 Å². The van der Waals surface area contributed by atoms with Gasteiger partial charge in [0.05, 0.1) is 12.7 Å². The number of ether oxygens (including phenoxy) is 1. The third-order valence-corrected chi connectivity index (χ3v) is 4.06. The van der Waals surface area contributed by atoms with Gasteiger partial charge in [0, 0.05) is 42.2 Å². The van der Waals surface area contributed by atoms with Crippen LogP contribution < -0.4 is 0 Å². The highest BCUT2D eigenvalue weighted by Crippen LogP contribution is 2.33. The van der Waals surface area contributed by atoms with Gasteiger partial charge in [-0.2, -0.15) is 0 Å². The molecule has 0 spiro atoms. The van der Waals surface area contributed by atoms with Crippen LogP contribution in [-0.4, -0.2) is 48.5 Å². The fraction of sp³-hybridized carbons (Fsp3) is 0.333. The highest BCUT2D eigenvalue weighted by Gasteiger charge is 2.35. The number of H-pyrrole nitrogens is 1. The summed E-state index contributed by atoms with van der Waals surface area (Å²) in [6.45, 7) is -0.193. The summed E-state index contributed by atoms with van der Waals surface area (Å²) in [6.07, 6.45) is 6.00. The van der Waals surface area contributed by atoms with E-state index in [9.17, 15) is 10.2 Å². The van der Waals surface area contributed by atoms with E-state index in [0.29, 0.717) is 6.42 Å². The first-order valence-electron chi connectivity index (χ1n) is 7.17. The quantitative estimate of drug-likeness (QED) is 0.672. The number of nitrogens with one attached hydrogen (secondary N) is 1. The van der Waals surface area contributed by atoms with Gasteiger partial charge in [-0.25, -0.2) is 9.97 Å². The summed E-state index contributed by atoms with van der Waals surface area (Å²) in [6, 6.07) is 3.87. The zero-order chi connectivity index (χ0) is 15.1. The lowest BCUT2D eigenvalue weighted by molar-refractivity contribution is -0.0430. The second kappa shape index (κ2) is 5.20. The predicted molar refractivity (Wildman–Crippen MR) is 78.9 cm³/mol. The van der Waals surface area contributed by atoms with Crippen LogP contribution in [0.2, 0.25) is 0 Å². The Morgan fingerprint density at radius 2 is 2.23 bits per heavy atom. The lowest BCUT2D eigenvalue weighted by Gasteiger charge is -2.14. The number of pyridine rings is 1. The molecule has 0 aromatic carbocycles. The average molecular weight is 300 g/mol. The largest absolute Gasteiger partial charge is 0.394 e. The second-order valence-corrected chi connectivity index (χ2v) is 5.37. The number of aliphatic hydroxyl groups is 2. The average Bonchev–Trinajstić information content (AvgIpc) is 3.25. The smallest absolute Gasteiger partial charge is 0.142 e. The number of nitrogens with zero attached hydrogens (tertiary/aromatic N) is 3. The summed E-state index contributed by atoms with van der Waals surface area (Å²) in [7, 11) is 0. The van der Waals surface area contributed by atoms with Crippen molar-refractivity contribution < 1.29 is 14.9 Å². The van der Waals surface area contributed by atoms with Crippen LogP contribution in [0.25, 0.3) is 22.4 Å². The maximum absolute atomic E-state index is 9.90. The Balaban J connectivity index is 1.77. The van der Waals surface area contributed by atoms with E-state index in [0.717, 1.165) is 22.4 Å². The van der Waals surface area contributed by atoms with E-state index in [4.69, 9.17) is 4.74 Å². The molecule has 0 radical (unpaired) electrons. The summed E-state index contributed by atoms with van der Waals surface area (Å²) in [5, 5.41) is 20.1. The van der Waals surface area contributed by atoms with Gasteiger partial charge < -0.3 is 24.5 Å². The van der Waals surface area contributed by atoms with E-state index in [2.05, 4.69) is 15.0 Å². The third-order valence-electron chi connectivity index (χ3n) is 4.06. The molecule has 22 heavy (non-hydrogen) atoms. The Kier molecular flexibility index (Phi) is 3.18. The molecule has 7 nitrogen and oxygen atoms in total. The maximum atomic E-state index is 9.90. The number of hydrogen-bond acceptors (Lipinski definition) is 5. The SMILES string of the molecule is OC[C@H]1O[C@@H](n2ccc3c(-c4ncc[nH]4)ccnc32)C[C@@H]1O. The van der Waals surface area contributed by atoms with Gasteiger partial charge in [0.25, 0.3) is 0 Å². The number of aromatic amines is 1. The highest BCUT2D eigenvalue weighted by atomic mass is 16.5. The van der Waals surface area contributed by atoms with Crippen LogP contribution in [0.5, 0.6) is 0 Å². The van der Waals surface area contributed by atoms with Crippen LogP contribution in [0, 0.1) is 0 Å². The maximum Gasteiger partial charge on any atom is 0.142 e. The van der Waals surface area contributed by atoms with E-state index in [-0.39, 0.29) is 12.8 Å². The first-order valence-corrected chi connectivity index (χ1v) is 7.17. The van der Waals surface area contributed by atoms with E-state index in [1.807, 2.05) is 22.9 Å². The predicted octanol–water partition coefficient (Wildman–Crippen LogP) is 1.07. The standard InChI is InChI=1S/C15H16N4O3/c20-8-12-11(21)7-13(22-12)19-6-2-10-9(1-3-18-15(10)19)14-16-4-5-17-14/h1-6,11-13,20-21H,7-8H2,(H,16,17)/t11-,12+,13+/m0/s1. The van der Waals surface area contributed by atoms with Crippen molar-refractivity contribution >= 4 is 11.0 Å². The molecule has 4 rings (SSSR count). The Morgan fingerprint density at radius 1 is 1.32 bits per heavy atom. The van der Waals surface area contributed by atoms with Crippen LogP contribution in [-0.2, 0) is 4.74 Å². The molecule has 0 unspecified atom stereocenters. The Labute approximate surface area is 126 Å². The summed E-state index contributed by atoms with van der Waals surface area (Å²) in [4.78, 5) is 11.8.